The zero-order valence-corrected chi connectivity index (χ0v) is 9.28. The Morgan fingerprint density at radius 1 is 1.69 bits per heavy atom. The maximum atomic E-state index is 11.5. The minimum absolute atomic E-state index is 0.162. The molecule has 0 radical (unpaired) electrons. The van der Waals surface area contributed by atoms with Crippen molar-refractivity contribution in [2.75, 3.05) is 0 Å². The largest absolute Gasteiger partial charge is 0.284 e. The summed E-state index contributed by atoms with van der Waals surface area (Å²) in [5.74, 6) is 2.35. The van der Waals surface area contributed by atoms with E-state index in [0.717, 1.165) is 5.69 Å². The van der Waals surface area contributed by atoms with Crippen LogP contribution in [0.5, 0.6) is 0 Å². The molecule has 0 saturated carbocycles. The molecule has 0 N–H and O–H groups in total. The van der Waals surface area contributed by atoms with Crippen LogP contribution >= 0.6 is 22.6 Å². The fourth-order valence-corrected chi connectivity index (χ4v) is 1.61. The highest BCUT2D eigenvalue weighted by molar-refractivity contribution is 14.1. The highest BCUT2D eigenvalue weighted by atomic mass is 127. The van der Waals surface area contributed by atoms with E-state index >= 15 is 0 Å². The van der Waals surface area contributed by atoms with Crippen molar-refractivity contribution in [1.82, 2.24) is 15.0 Å². The Labute approximate surface area is 89.5 Å². The molecule has 0 spiro atoms. The lowest BCUT2D eigenvalue weighted by atomic mass is 10.3. The molecule has 0 amide bonds. The summed E-state index contributed by atoms with van der Waals surface area (Å²) in [6.07, 6.45) is 5.78. The SMILES string of the molecule is C#CCn1nnc(CC)c(I)c1=O. The molecule has 0 unspecified atom stereocenters. The molecule has 68 valence electrons. The van der Waals surface area contributed by atoms with Crippen LogP contribution in [0.1, 0.15) is 12.6 Å². The molecule has 4 nitrogen and oxygen atoms in total. The average molecular weight is 289 g/mol. The predicted octanol–water partition coefficient (Wildman–Crippen LogP) is 0.439. The van der Waals surface area contributed by atoms with Gasteiger partial charge in [-0.25, -0.2) is 0 Å². The number of hydrogen-bond donors (Lipinski definition) is 0. The second-order valence-electron chi connectivity index (χ2n) is 2.37. The molecule has 1 aromatic heterocycles. The number of nitrogens with zero attached hydrogens (tertiary/aromatic N) is 3. The second kappa shape index (κ2) is 4.37. The van der Waals surface area contributed by atoms with Gasteiger partial charge in [-0.1, -0.05) is 18.1 Å². The Hall–Kier alpha value is -0.900. The molecular weight excluding hydrogens is 281 g/mol. The minimum Gasteiger partial charge on any atom is -0.266 e. The van der Waals surface area contributed by atoms with Gasteiger partial charge >= 0.3 is 0 Å². The van der Waals surface area contributed by atoms with Crippen molar-refractivity contribution in [3.63, 3.8) is 0 Å². The van der Waals surface area contributed by atoms with Gasteiger partial charge in [0.1, 0.15) is 10.1 Å². The molecule has 1 rings (SSSR count). The highest BCUT2D eigenvalue weighted by Gasteiger charge is 2.07. The van der Waals surface area contributed by atoms with Gasteiger partial charge in [-0.05, 0) is 29.0 Å². The van der Waals surface area contributed by atoms with E-state index in [9.17, 15) is 4.79 Å². The fraction of sp³-hybridized carbons (Fsp3) is 0.375. The number of aromatic nitrogens is 3. The zero-order valence-electron chi connectivity index (χ0n) is 7.12. The number of hydrogen-bond acceptors (Lipinski definition) is 3. The van der Waals surface area contributed by atoms with Gasteiger partial charge in [0.25, 0.3) is 5.56 Å². The van der Waals surface area contributed by atoms with E-state index < -0.39 is 0 Å². The molecule has 0 atom stereocenters. The zero-order chi connectivity index (χ0) is 9.84. The molecule has 0 aliphatic heterocycles. The summed E-state index contributed by atoms with van der Waals surface area (Å²) in [7, 11) is 0. The Morgan fingerprint density at radius 3 is 2.92 bits per heavy atom. The molecule has 13 heavy (non-hydrogen) atoms. The monoisotopic (exact) mass is 289 g/mol. The van der Waals surface area contributed by atoms with E-state index in [1.165, 1.54) is 4.68 Å². The van der Waals surface area contributed by atoms with Gasteiger partial charge in [0.2, 0.25) is 0 Å². The molecular formula is C8H8IN3O. The van der Waals surface area contributed by atoms with E-state index in [1.807, 2.05) is 29.5 Å². The van der Waals surface area contributed by atoms with Crippen molar-refractivity contribution >= 4 is 22.6 Å². The van der Waals surface area contributed by atoms with E-state index in [-0.39, 0.29) is 12.1 Å². The summed E-state index contributed by atoms with van der Waals surface area (Å²) < 4.78 is 1.78. The van der Waals surface area contributed by atoms with Crippen LogP contribution in [0, 0.1) is 15.9 Å². The fourth-order valence-electron chi connectivity index (χ4n) is 0.845. The Morgan fingerprint density at radius 2 is 2.38 bits per heavy atom. The summed E-state index contributed by atoms with van der Waals surface area (Å²) in [6, 6.07) is 0. The van der Waals surface area contributed by atoms with Gasteiger partial charge < -0.3 is 0 Å². The molecule has 0 bridgehead atoms. The first kappa shape index (κ1) is 10.2. The van der Waals surface area contributed by atoms with E-state index in [2.05, 4.69) is 16.2 Å². The van der Waals surface area contributed by atoms with Gasteiger partial charge in [0, 0.05) is 0 Å². The Kier molecular flexibility index (Phi) is 3.42. The van der Waals surface area contributed by atoms with Crippen LogP contribution < -0.4 is 5.56 Å². The highest BCUT2D eigenvalue weighted by Crippen LogP contribution is 2.02. The second-order valence-corrected chi connectivity index (χ2v) is 3.45. The van der Waals surface area contributed by atoms with Crippen molar-refractivity contribution in [2.24, 2.45) is 0 Å². The van der Waals surface area contributed by atoms with Gasteiger partial charge in [-0.2, -0.15) is 4.68 Å². The van der Waals surface area contributed by atoms with Crippen LogP contribution in [0.15, 0.2) is 4.79 Å². The summed E-state index contributed by atoms with van der Waals surface area (Å²) in [4.78, 5) is 11.5. The van der Waals surface area contributed by atoms with E-state index in [1.54, 1.807) is 0 Å². The molecule has 0 aliphatic carbocycles. The van der Waals surface area contributed by atoms with Gasteiger partial charge in [0.05, 0.1) is 5.69 Å². The predicted molar refractivity (Wildman–Crippen MR) is 57.2 cm³/mol. The van der Waals surface area contributed by atoms with Crippen LogP contribution in [0.3, 0.4) is 0 Å². The third-order valence-corrected chi connectivity index (χ3v) is 2.61. The number of aryl methyl sites for hydroxylation is 1. The van der Waals surface area contributed by atoms with Crippen molar-refractivity contribution in [3.8, 4) is 12.3 Å². The quantitative estimate of drug-likeness (QED) is 0.586. The van der Waals surface area contributed by atoms with Gasteiger partial charge in [-0.3, -0.25) is 4.79 Å². The van der Waals surface area contributed by atoms with Crippen molar-refractivity contribution in [3.05, 3.63) is 19.6 Å². The third kappa shape index (κ3) is 2.06. The standard InChI is InChI=1S/C8H8IN3O/c1-3-5-12-8(13)7(9)6(4-2)10-11-12/h1H,4-5H2,2H3. The normalized spacial score (nSPS) is 9.62. The first-order valence-corrected chi connectivity index (χ1v) is 4.84. The number of halogens is 1. The van der Waals surface area contributed by atoms with Crippen molar-refractivity contribution in [2.45, 2.75) is 19.9 Å². The van der Waals surface area contributed by atoms with Gasteiger partial charge in [-0.15, -0.1) is 11.5 Å². The summed E-state index contributed by atoms with van der Waals surface area (Å²) in [6.45, 7) is 2.10. The lowest BCUT2D eigenvalue weighted by Crippen LogP contribution is -2.27. The molecule has 0 fully saturated rings. The van der Waals surface area contributed by atoms with Crippen LogP contribution in [0.25, 0.3) is 0 Å². The molecule has 1 heterocycles. The summed E-state index contributed by atoms with van der Waals surface area (Å²) in [5, 5.41) is 7.59. The lowest BCUT2D eigenvalue weighted by molar-refractivity contribution is 0.587. The first-order chi connectivity index (χ1) is 6.20. The molecule has 1 aromatic rings. The number of rotatable bonds is 2. The Bertz CT molecular complexity index is 405. The molecule has 0 saturated heterocycles. The maximum absolute atomic E-state index is 11.5. The van der Waals surface area contributed by atoms with E-state index in [4.69, 9.17) is 6.42 Å². The topological polar surface area (TPSA) is 47.8 Å². The maximum Gasteiger partial charge on any atom is 0.284 e. The van der Waals surface area contributed by atoms with Crippen molar-refractivity contribution < 1.29 is 0 Å². The molecule has 5 heteroatoms. The molecule has 0 aromatic carbocycles. The van der Waals surface area contributed by atoms with Crippen LogP contribution in [0.4, 0.5) is 0 Å². The lowest BCUT2D eigenvalue weighted by Gasteiger charge is -2.01. The van der Waals surface area contributed by atoms with Crippen LogP contribution in [-0.2, 0) is 13.0 Å². The summed E-state index contributed by atoms with van der Waals surface area (Å²) >= 11 is 1.97. The Balaban J connectivity index is 3.25. The van der Waals surface area contributed by atoms with E-state index in [0.29, 0.717) is 9.99 Å². The number of terminal acetylenes is 1. The van der Waals surface area contributed by atoms with Crippen LogP contribution in [0.2, 0.25) is 0 Å². The summed E-state index contributed by atoms with van der Waals surface area (Å²) in [5.41, 5.74) is 0.560. The minimum atomic E-state index is -0.162. The van der Waals surface area contributed by atoms with Gasteiger partial charge in [0.15, 0.2) is 0 Å². The molecule has 0 aliphatic rings. The van der Waals surface area contributed by atoms with Crippen LogP contribution in [-0.4, -0.2) is 15.0 Å². The smallest absolute Gasteiger partial charge is 0.266 e. The first-order valence-electron chi connectivity index (χ1n) is 3.76. The average Bonchev–Trinajstić information content (AvgIpc) is 2.14. The van der Waals surface area contributed by atoms with Crippen molar-refractivity contribution in [1.29, 1.82) is 0 Å². The third-order valence-electron chi connectivity index (χ3n) is 1.52.